The molecule has 0 aromatic heterocycles. The number of ketones is 1. The van der Waals surface area contributed by atoms with E-state index in [1.807, 2.05) is 0 Å². The van der Waals surface area contributed by atoms with Crippen molar-refractivity contribution in [1.29, 1.82) is 0 Å². The third kappa shape index (κ3) is 2.63. The molecule has 6 heteroatoms. The normalized spacial score (nSPS) is 12.1. The predicted molar refractivity (Wildman–Crippen MR) is 76.9 cm³/mol. The van der Waals surface area contributed by atoms with Gasteiger partial charge >= 0.3 is 0 Å². The molecule has 1 heterocycles. The summed E-state index contributed by atoms with van der Waals surface area (Å²) in [5.74, 6) is -0.164. The van der Waals surface area contributed by atoms with Crippen LogP contribution in [0.3, 0.4) is 0 Å². The van der Waals surface area contributed by atoms with Crippen LogP contribution in [0.1, 0.15) is 27.6 Å². The highest BCUT2D eigenvalue weighted by Crippen LogP contribution is 2.37. The number of hydrogen-bond donors (Lipinski definition) is 1. The fourth-order valence-corrected chi connectivity index (χ4v) is 2.13. The number of hydrogen-bond acceptors (Lipinski definition) is 4. The summed E-state index contributed by atoms with van der Waals surface area (Å²) in [4.78, 5) is 23.9. The van der Waals surface area contributed by atoms with Crippen LogP contribution in [0.15, 0.2) is 36.4 Å². The van der Waals surface area contributed by atoms with E-state index in [2.05, 4.69) is 5.32 Å². The number of carbonyl (C=O) groups is 2. The fraction of sp³-hybridized carbons (Fsp3) is 0.125. The molecule has 5 nitrogen and oxygen atoms in total. The van der Waals surface area contributed by atoms with Gasteiger partial charge in [-0.05, 0) is 37.3 Å². The number of anilines is 1. The molecule has 0 aliphatic carbocycles. The molecular formula is C16H12FNO4. The van der Waals surface area contributed by atoms with Crippen molar-refractivity contribution >= 4 is 17.4 Å². The zero-order valence-electron chi connectivity index (χ0n) is 11.7. The number of ether oxygens (including phenoxy) is 2. The molecule has 2 aromatic carbocycles. The summed E-state index contributed by atoms with van der Waals surface area (Å²) in [5.41, 5.74) is 0.930. The SMILES string of the molecule is CC(=O)c1cc2c(cc1NC(=O)c1ccc(F)cc1)OCO2. The van der Waals surface area contributed by atoms with Gasteiger partial charge in [-0.2, -0.15) is 0 Å². The van der Waals surface area contributed by atoms with Crippen LogP contribution in [0.4, 0.5) is 10.1 Å². The maximum atomic E-state index is 12.9. The summed E-state index contributed by atoms with van der Waals surface area (Å²) >= 11 is 0. The van der Waals surface area contributed by atoms with Gasteiger partial charge in [0.15, 0.2) is 17.3 Å². The first-order valence-corrected chi connectivity index (χ1v) is 6.56. The van der Waals surface area contributed by atoms with E-state index in [0.29, 0.717) is 22.7 Å². The van der Waals surface area contributed by atoms with Crippen LogP contribution in [-0.4, -0.2) is 18.5 Å². The highest BCUT2D eigenvalue weighted by atomic mass is 19.1. The lowest BCUT2D eigenvalue weighted by atomic mass is 10.1. The van der Waals surface area contributed by atoms with Gasteiger partial charge in [0.1, 0.15) is 5.82 Å². The number of fused-ring (bicyclic) bond motifs is 1. The lowest BCUT2D eigenvalue weighted by molar-refractivity contribution is 0.101. The third-order valence-electron chi connectivity index (χ3n) is 3.25. The van der Waals surface area contributed by atoms with Gasteiger partial charge in [0, 0.05) is 17.2 Å². The molecule has 1 aliphatic heterocycles. The Morgan fingerprint density at radius 3 is 2.36 bits per heavy atom. The van der Waals surface area contributed by atoms with Crippen molar-refractivity contribution in [2.24, 2.45) is 0 Å². The Morgan fingerprint density at radius 1 is 1.09 bits per heavy atom. The second kappa shape index (κ2) is 5.48. The standard InChI is InChI=1S/C16H12FNO4/c1-9(19)12-6-14-15(22-8-21-14)7-13(12)18-16(20)10-2-4-11(17)5-3-10/h2-7H,8H2,1H3,(H,18,20). The quantitative estimate of drug-likeness (QED) is 0.885. The summed E-state index contributed by atoms with van der Waals surface area (Å²) in [7, 11) is 0. The van der Waals surface area contributed by atoms with Gasteiger partial charge in [-0.1, -0.05) is 0 Å². The van der Waals surface area contributed by atoms with Crippen molar-refractivity contribution in [1.82, 2.24) is 0 Å². The molecular weight excluding hydrogens is 289 g/mol. The van der Waals surface area contributed by atoms with Crippen molar-refractivity contribution in [3.63, 3.8) is 0 Å². The summed E-state index contributed by atoms with van der Waals surface area (Å²) in [6, 6.07) is 8.20. The average Bonchev–Trinajstić information content (AvgIpc) is 2.94. The van der Waals surface area contributed by atoms with E-state index in [1.54, 1.807) is 6.07 Å². The zero-order valence-corrected chi connectivity index (χ0v) is 11.7. The van der Waals surface area contributed by atoms with Crippen molar-refractivity contribution in [3.05, 3.63) is 53.3 Å². The van der Waals surface area contributed by atoms with E-state index in [4.69, 9.17) is 9.47 Å². The Labute approximate surface area is 125 Å². The van der Waals surface area contributed by atoms with Crippen LogP contribution in [0.2, 0.25) is 0 Å². The minimum absolute atomic E-state index is 0.0715. The second-order valence-electron chi connectivity index (χ2n) is 4.77. The van der Waals surface area contributed by atoms with Crippen LogP contribution in [0.25, 0.3) is 0 Å². The van der Waals surface area contributed by atoms with Gasteiger partial charge in [0.05, 0.1) is 5.69 Å². The van der Waals surface area contributed by atoms with E-state index in [-0.39, 0.29) is 18.1 Å². The Kier molecular flexibility index (Phi) is 3.50. The highest BCUT2D eigenvalue weighted by Gasteiger charge is 2.20. The molecule has 1 aliphatic rings. The lowest BCUT2D eigenvalue weighted by Crippen LogP contribution is -2.14. The zero-order chi connectivity index (χ0) is 15.7. The summed E-state index contributed by atoms with van der Waals surface area (Å²) < 4.78 is 23.4. The topological polar surface area (TPSA) is 64.6 Å². The summed E-state index contributed by atoms with van der Waals surface area (Å²) in [5, 5.41) is 2.64. The Hall–Kier alpha value is -2.89. The van der Waals surface area contributed by atoms with Crippen LogP contribution < -0.4 is 14.8 Å². The second-order valence-corrected chi connectivity index (χ2v) is 4.77. The molecule has 0 saturated carbocycles. The Morgan fingerprint density at radius 2 is 1.73 bits per heavy atom. The number of rotatable bonds is 3. The smallest absolute Gasteiger partial charge is 0.255 e. The largest absolute Gasteiger partial charge is 0.454 e. The van der Waals surface area contributed by atoms with Gasteiger partial charge in [-0.3, -0.25) is 9.59 Å². The van der Waals surface area contributed by atoms with Gasteiger partial charge in [-0.25, -0.2) is 4.39 Å². The van der Waals surface area contributed by atoms with Gasteiger partial charge in [0.25, 0.3) is 5.91 Å². The number of carbonyl (C=O) groups excluding carboxylic acids is 2. The molecule has 0 saturated heterocycles. The summed E-state index contributed by atoms with van der Waals surface area (Å²) in [6.07, 6.45) is 0. The molecule has 1 N–H and O–H groups in total. The molecule has 0 atom stereocenters. The molecule has 2 aromatic rings. The van der Waals surface area contributed by atoms with Crippen LogP contribution in [0.5, 0.6) is 11.5 Å². The average molecular weight is 301 g/mol. The summed E-state index contributed by atoms with van der Waals surface area (Å²) in [6.45, 7) is 1.47. The van der Waals surface area contributed by atoms with Gasteiger partial charge < -0.3 is 14.8 Å². The van der Waals surface area contributed by atoms with E-state index < -0.39 is 11.7 Å². The molecule has 0 fully saturated rings. The number of benzene rings is 2. The first-order valence-electron chi connectivity index (χ1n) is 6.56. The van der Waals surface area contributed by atoms with Crippen LogP contribution in [0, 0.1) is 5.82 Å². The molecule has 3 rings (SSSR count). The van der Waals surface area contributed by atoms with Crippen molar-refractivity contribution in [2.75, 3.05) is 12.1 Å². The number of halogens is 1. The number of nitrogens with one attached hydrogen (secondary N) is 1. The minimum Gasteiger partial charge on any atom is -0.454 e. The van der Waals surface area contributed by atoms with Gasteiger partial charge in [0.2, 0.25) is 6.79 Å². The maximum absolute atomic E-state index is 12.9. The van der Waals surface area contributed by atoms with Crippen molar-refractivity contribution < 1.29 is 23.5 Å². The molecule has 112 valence electrons. The van der Waals surface area contributed by atoms with E-state index in [0.717, 1.165) is 0 Å². The molecule has 22 heavy (non-hydrogen) atoms. The first kappa shape index (κ1) is 14.1. The molecule has 0 radical (unpaired) electrons. The van der Waals surface area contributed by atoms with Gasteiger partial charge in [-0.15, -0.1) is 0 Å². The number of Topliss-reactive ketones (excluding diaryl/α,β-unsaturated/α-hetero) is 1. The van der Waals surface area contributed by atoms with Crippen molar-refractivity contribution in [3.8, 4) is 11.5 Å². The third-order valence-corrected chi connectivity index (χ3v) is 3.25. The Bertz CT molecular complexity index is 755. The van der Waals surface area contributed by atoms with Crippen molar-refractivity contribution in [2.45, 2.75) is 6.92 Å². The Balaban J connectivity index is 1.92. The van der Waals surface area contributed by atoms with E-state index in [9.17, 15) is 14.0 Å². The van der Waals surface area contributed by atoms with E-state index >= 15 is 0 Å². The lowest BCUT2D eigenvalue weighted by Gasteiger charge is -2.10. The minimum atomic E-state index is -0.443. The molecule has 0 spiro atoms. The highest BCUT2D eigenvalue weighted by molar-refractivity contribution is 6.09. The molecule has 0 unspecified atom stereocenters. The first-order chi connectivity index (χ1) is 10.5. The maximum Gasteiger partial charge on any atom is 0.255 e. The predicted octanol–water partition coefficient (Wildman–Crippen LogP) is 3.01. The molecule has 0 bridgehead atoms. The fourth-order valence-electron chi connectivity index (χ4n) is 2.13. The van der Waals surface area contributed by atoms with Crippen LogP contribution >= 0.6 is 0 Å². The number of amides is 1. The monoisotopic (exact) mass is 301 g/mol. The molecule has 1 amide bonds. The van der Waals surface area contributed by atoms with Crippen LogP contribution in [-0.2, 0) is 0 Å². The van der Waals surface area contributed by atoms with E-state index in [1.165, 1.54) is 37.3 Å².